The van der Waals surface area contributed by atoms with Gasteiger partial charge in [-0.25, -0.2) is 0 Å². The average Bonchev–Trinajstić information content (AvgIpc) is 2.91. The molecule has 0 heterocycles. The van der Waals surface area contributed by atoms with Crippen LogP contribution in [-0.2, 0) is 0 Å². The highest BCUT2D eigenvalue weighted by molar-refractivity contribution is 4.51. The van der Waals surface area contributed by atoms with Crippen LogP contribution in [0.1, 0.15) is 206 Å². The van der Waals surface area contributed by atoms with Crippen LogP contribution in [0.2, 0.25) is 0 Å². The molecule has 0 aliphatic heterocycles. The highest BCUT2D eigenvalue weighted by atomic mass is 15.0. The Morgan fingerprint density at radius 3 is 0.737 bits per heavy atom. The molecule has 0 aromatic carbocycles. The van der Waals surface area contributed by atoms with Gasteiger partial charge in [0, 0.05) is 0 Å². The second-order valence-electron chi connectivity index (χ2n) is 12.5. The van der Waals surface area contributed by atoms with Gasteiger partial charge in [-0.05, 0) is 40.0 Å². The van der Waals surface area contributed by atoms with Crippen LogP contribution >= 0.6 is 0 Å². The van der Waals surface area contributed by atoms with Crippen molar-refractivity contribution in [2.24, 2.45) is 5.73 Å². The summed E-state index contributed by atoms with van der Waals surface area (Å²) < 4.78 is 0. The molecule has 0 aliphatic rings. The summed E-state index contributed by atoms with van der Waals surface area (Å²) in [6.45, 7) is 6.72. The van der Waals surface area contributed by atoms with Gasteiger partial charge in [-0.2, -0.15) is 0 Å². The van der Waals surface area contributed by atoms with Crippen molar-refractivity contribution in [3.05, 3.63) is 0 Å². The third-order valence-corrected chi connectivity index (χ3v) is 8.02. The number of hydrogen-bond acceptors (Lipinski definition) is 2. The van der Waals surface area contributed by atoms with Crippen LogP contribution in [-0.4, -0.2) is 32.1 Å². The van der Waals surface area contributed by atoms with Gasteiger partial charge in [-0.1, -0.05) is 194 Å². The van der Waals surface area contributed by atoms with Crippen LogP contribution in [0.3, 0.4) is 0 Å². The van der Waals surface area contributed by atoms with Gasteiger partial charge in [0.2, 0.25) is 0 Å². The molecule has 0 saturated carbocycles. The number of nitrogens with two attached hydrogens (primary N) is 1. The van der Waals surface area contributed by atoms with Crippen LogP contribution in [0.4, 0.5) is 0 Å². The van der Waals surface area contributed by atoms with E-state index in [-0.39, 0.29) is 0 Å². The zero-order chi connectivity index (χ0) is 28.2. The van der Waals surface area contributed by atoms with Gasteiger partial charge in [0.1, 0.15) is 0 Å². The van der Waals surface area contributed by atoms with Crippen molar-refractivity contribution in [3.63, 3.8) is 0 Å². The van der Waals surface area contributed by atoms with E-state index in [0.29, 0.717) is 0 Å². The van der Waals surface area contributed by atoms with Gasteiger partial charge in [0.25, 0.3) is 0 Å². The van der Waals surface area contributed by atoms with E-state index in [9.17, 15) is 0 Å². The number of unbranched alkanes of at least 4 members (excludes halogenated alkanes) is 28. The van der Waals surface area contributed by atoms with E-state index in [1.807, 2.05) is 0 Å². The molecule has 0 saturated heterocycles. The number of nitrogens with zero attached hydrogens (tertiary/aromatic N) is 1. The third kappa shape index (κ3) is 43.0. The number of hydrogen-bond donors (Lipinski definition) is 1. The average molecular weight is 539 g/mol. The first-order valence-electron chi connectivity index (χ1n) is 18.0. The quantitative estimate of drug-likeness (QED) is 0.0889. The Kier molecular flexibility index (Phi) is 41.2. The predicted octanol–water partition coefficient (Wildman–Crippen LogP) is 12.2. The standard InChI is InChI=1S/C20H43N.C16H35N/c1-4-5-6-7-8-9-10-11-12-13-14-15-16-17-18-19-20-21(2)3;1-2-3-4-5-6-7-8-9-10-11-12-13-14-15-16-17/h4-20H2,1-3H3;2-17H2,1H3. The Labute approximate surface area is 244 Å². The fourth-order valence-corrected chi connectivity index (χ4v) is 5.32. The smallest absolute Gasteiger partial charge is 0.00248 e. The van der Waals surface area contributed by atoms with Gasteiger partial charge in [-0.15, -0.1) is 0 Å². The molecule has 0 spiro atoms. The molecule has 232 valence electrons. The molecule has 0 radical (unpaired) electrons. The van der Waals surface area contributed by atoms with E-state index >= 15 is 0 Å². The maximum absolute atomic E-state index is 5.47. The molecule has 0 atom stereocenters. The molecule has 0 fully saturated rings. The molecule has 0 aliphatic carbocycles. The summed E-state index contributed by atoms with van der Waals surface area (Å²) in [4.78, 5) is 2.30. The lowest BCUT2D eigenvalue weighted by atomic mass is 10.0. The van der Waals surface area contributed by atoms with Crippen LogP contribution in [0, 0.1) is 0 Å². The molecule has 0 aromatic rings. The third-order valence-electron chi connectivity index (χ3n) is 8.02. The summed E-state index contributed by atoms with van der Waals surface area (Å²) in [6.07, 6.45) is 43.2. The Morgan fingerprint density at radius 1 is 0.316 bits per heavy atom. The second kappa shape index (κ2) is 39.1. The molecule has 0 aromatic heterocycles. The van der Waals surface area contributed by atoms with Crippen molar-refractivity contribution >= 4 is 0 Å². The first-order chi connectivity index (χ1) is 18.7. The Morgan fingerprint density at radius 2 is 0.526 bits per heavy atom. The molecule has 2 nitrogen and oxygen atoms in total. The minimum absolute atomic E-state index is 0.873. The maximum atomic E-state index is 5.47. The Balaban J connectivity index is 0. The summed E-state index contributed by atoms with van der Waals surface area (Å²) in [5, 5.41) is 0. The van der Waals surface area contributed by atoms with Crippen molar-refractivity contribution in [3.8, 4) is 0 Å². The predicted molar refractivity (Wildman–Crippen MR) is 177 cm³/mol. The fourth-order valence-electron chi connectivity index (χ4n) is 5.32. The first kappa shape index (κ1) is 40.1. The molecule has 0 rings (SSSR count). The van der Waals surface area contributed by atoms with E-state index in [4.69, 9.17) is 5.73 Å². The lowest BCUT2D eigenvalue weighted by molar-refractivity contribution is 0.389. The molecule has 2 heteroatoms. The van der Waals surface area contributed by atoms with Crippen molar-refractivity contribution in [1.29, 1.82) is 0 Å². The summed E-state index contributed by atoms with van der Waals surface area (Å²) in [5.41, 5.74) is 5.47. The highest BCUT2D eigenvalue weighted by Crippen LogP contribution is 2.14. The molecule has 0 unspecified atom stereocenters. The van der Waals surface area contributed by atoms with Crippen molar-refractivity contribution < 1.29 is 0 Å². The van der Waals surface area contributed by atoms with E-state index in [0.717, 1.165) is 6.54 Å². The van der Waals surface area contributed by atoms with E-state index in [2.05, 4.69) is 32.8 Å². The lowest BCUT2D eigenvalue weighted by Crippen LogP contribution is -2.12. The normalized spacial score (nSPS) is 11.2. The summed E-state index contributed by atoms with van der Waals surface area (Å²) in [7, 11) is 4.34. The topological polar surface area (TPSA) is 29.3 Å². The molecule has 38 heavy (non-hydrogen) atoms. The van der Waals surface area contributed by atoms with Crippen molar-refractivity contribution in [1.82, 2.24) is 4.90 Å². The fraction of sp³-hybridized carbons (Fsp3) is 1.00. The molecule has 2 N–H and O–H groups in total. The van der Waals surface area contributed by atoms with E-state index in [1.54, 1.807) is 0 Å². The van der Waals surface area contributed by atoms with Gasteiger partial charge >= 0.3 is 0 Å². The highest BCUT2D eigenvalue weighted by Gasteiger charge is 1.96. The summed E-state index contributed by atoms with van der Waals surface area (Å²) in [6, 6.07) is 0. The summed E-state index contributed by atoms with van der Waals surface area (Å²) >= 11 is 0. The molecular formula is C36H78N2. The first-order valence-corrected chi connectivity index (χ1v) is 18.0. The van der Waals surface area contributed by atoms with Gasteiger partial charge in [0.05, 0.1) is 0 Å². The van der Waals surface area contributed by atoms with E-state index in [1.165, 1.54) is 199 Å². The molecule has 0 bridgehead atoms. The zero-order valence-corrected chi connectivity index (χ0v) is 27.7. The SMILES string of the molecule is CCCCCCCCCCCCCCCCCCN(C)C.CCCCCCCCCCCCCCCCN. The van der Waals surface area contributed by atoms with Crippen LogP contribution in [0.25, 0.3) is 0 Å². The van der Waals surface area contributed by atoms with Crippen molar-refractivity contribution in [2.45, 2.75) is 206 Å². The Bertz CT molecular complexity index is 354. The van der Waals surface area contributed by atoms with Crippen LogP contribution < -0.4 is 5.73 Å². The number of rotatable bonds is 31. The van der Waals surface area contributed by atoms with Crippen LogP contribution in [0.15, 0.2) is 0 Å². The Hall–Kier alpha value is -0.0800. The monoisotopic (exact) mass is 539 g/mol. The molecule has 0 amide bonds. The maximum Gasteiger partial charge on any atom is -0.00248 e. The van der Waals surface area contributed by atoms with E-state index < -0.39 is 0 Å². The minimum atomic E-state index is 0.873. The van der Waals surface area contributed by atoms with Gasteiger partial charge in [-0.3, -0.25) is 0 Å². The minimum Gasteiger partial charge on any atom is -0.330 e. The van der Waals surface area contributed by atoms with Gasteiger partial charge < -0.3 is 10.6 Å². The van der Waals surface area contributed by atoms with Crippen LogP contribution in [0.5, 0.6) is 0 Å². The zero-order valence-electron chi connectivity index (χ0n) is 27.7. The van der Waals surface area contributed by atoms with Crippen molar-refractivity contribution in [2.75, 3.05) is 27.2 Å². The van der Waals surface area contributed by atoms with Gasteiger partial charge in [0.15, 0.2) is 0 Å². The summed E-state index contributed by atoms with van der Waals surface area (Å²) in [5.74, 6) is 0. The second-order valence-corrected chi connectivity index (χ2v) is 12.5. The molecular weight excluding hydrogens is 460 g/mol. The largest absolute Gasteiger partial charge is 0.330 e. The lowest BCUT2D eigenvalue weighted by Gasteiger charge is -2.08.